The van der Waals surface area contributed by atoms with Gasteiger partial charge in [-0.15, -0.1) is 0 Å². The lowest BCUT2D eigenvalue weighted by molar-refractivity contribution is 0.250. The Bertz CT molecular complexity index is 680. The molecule has 1 aliphatic rings. The number of phenols is 1. The van der Waals surface area contributed by atoms with Crippen LogP contribution in [0.1, 0.15) is 18.4 Å². The SMILES string of the molecule is NCC1CCCN1Cc1cc(=O)oc2cc(O)ccc12. The molecule has 3 rings (SSSR count). The van der Waals surface area contributed by atoms with Crippen molar-refractivity contribution >= 4 is 11.0 Å². The van der Waals surface area contributed by atoms with E-state index < -0.39 is 0 Å². The summed E-state index contributed by atoms with van der Waals surface area (Å²) in [6.07, 6.45) is 2.25. The fraction of sp³-hybridized carbons (Fsp3) is 0.400. The number of rotatable bonds is 3. The molecular weight excluding hydrogens is 256 g/mol. The van der Waals surface area contributed by atoms with Crippen LogP contribution < -0.4 is 11.4 Å². The Kier molecular flexibility index (Phi) is 3.46. The molecule has 1 atom stereocenters. The number of hydrogen-bond donors (Lipinski definition) is 2. The van der Waals surface area contributed by atoms with E-state index in [0.29, 0.717) is 24.7 Å². The standard InChI is InChI=1S/C15H18N2O3/c16-8-11-2-1-5-17(11)9-10-6-15(19)20-14-7-12(18)3-4-13(10)14/h3-4,6-7,11,18H,1-2,5,8-9,16H2. The molecule has 20 heavy (non-hydrogen) atoms. The van der Waals surface area contributed by atoms with Gasteiger partial charge in [-0.25, -0.2) is 4.79 Å². The van der Waals surface area contributed by atoms with E-state index in [9.17, 15) is 9.90 Å². The monoisotopic (exact) mass is 274 g/mol. The number of fused-ring (bicyclic) bond motifs is 1. The molecule has 106 valence electrons. The average molecular weight is 274 g/mol. The van der Waals surface area contributed by atoms with E-state index in [2.05, 4.69) is 4.90 Å². The van der Waals surface area contributed by atoms with Gasteiger partial charge in [0.05, 0.1) is 0 Å². The molecule has 0 spiro atoms. The number of benzene rings is 1. The number of likely N-dealkylation sites (tertiary alicyclic amines) is 1. The highest BCUT2D eigenvalue weighted by atomic mass is 16.4. The Morgan fingerprint density at radius 1 is 1.40 bits per heavy atom. The molecule has 1 aromatic heterocycles. The summed E-state index contributed by atoms with van der Waals surface area (Å²) in [4.78, 5) is 14.0. The lowest BCUT2D eigenvalue weighted by Gasteiger charge is -2.23. The van der Waals surface area contributed by atoms with Gasteiger partial charge in [-0.3, -0.25) is 4.90 Å². The van der Waals surface area contributed by atoms with Crippen LogP contribution in [-0.4, -0.2) is 29.1 Å². The predicted molar refractivity (Wildman–Crippen MR) is 76.6 cm³/mol. The van der Waals surface area contributed by atoms with Gasteiger partial charge >= 0.3 is 5.63 Å². The Balaban J connectivity index is 2.00. The summed E-state index contributed by atoms with van der Waals surface area (Å²) in [5, 5.41) is 10.4. The third-order valence-corrected chi connectivity index (χ3v) is 3.96. The molecule has 0 saturated carbocycles. The second kappa shape index (κ2) is 5.26. The van der Waals surface area contributed by atoms with Crippen molar-refractivity contribution in [1.82, 2.24) is 4.90 Å². The van der Waals surface area contributed by atoms with Gasteiger partial charge in [0.25, 0.3) is 0 Å². The van der Waals surface area contributed by atoms with Crippen LogP contribution in [0.25, 0.3) is 11.0 Å². The van der Waals surface area contributed by atoms with Crippen LogP contribution in [-0.2, 0) is 6.54 Å². The Morgan fingerprint density at radius 3 is 3.05 bits per heavy atom. The Morgan fingerprint density at radius 2 is 2.25 bits per heavy atom. The van der Waals surface area contributed by atoms with Gasteiger partial charge in [0.2, 0.25) is 0 Å². The number of nitrogens with two attached hydrogens (primary N) is 1. The summed E-state index contributed by atoms with van der Waals surface area (Å²) in [5.74, 6) is 0.0961. The van der Waals surface area contributed by atoms with E-state index in [0.717, 1.165) is 30.3 Å². The molecule has 0 amide bonds. The number of hydrogen-bond acceptors (Lipinski definition) is 5. The van der Waals surface area contributed by atoms with Crippen LogP contribution in [0.5, 0.6) is 5.75 Å². The average Bonchev–Trinajstić information content (AvgIpc) is 2.85. The quantitative estimate of drug-likeness (QED) is 0.827. The van der Waals surface area contributed by atoms with Gasteiger partial charge in [0, 0.05) is 36.7 Å². The molecule has 0 aliphatic carbocycles. The summed E-state index contributed by atoms with van der Waals surface area (Å²) >= 11 is 0. The largest absolute Gasteiger partial charge is 0.508 e. The molecular formula is C15H18N2O3. The smallest absolute Gasteiger partial charge is 0.336 e. The van der Waals surface area contributed by atoms with Crippen molar-refractivity contribution in [2.24, 2.45) is 5.73 Å². The van der Waals surface area contributed by atoms with E-state index in [1.54, 1.807) is 12.1 Å². The first-order valence-corrected chi connectivity index (χ1v) is 6.87. The number of nitrogens with zero attached hydrogens (tertiary/aromatic N) is 1. The highest BCUT2D eigenvalue weighted by Crippen LogP contribution is 2.25. The van der Waals surface area contributed by atoms with Crippen molar-refractivity contribution < 1.29 is 9.52 Å². The predicted octanol–water partition coefficient (Wildman–Crippen LogP) is 1.42. The molecule has 2 heterocycles. The highest BCUT2D eigenvalue weighted by Gasteiger charge is 2.23. The van der Waals surface area contributed by atoms with Crippen molar-refractivity contribution in [2.75, 3.05) is 13.1 Å². The van der Waals surface area contributed by atoms with Gasteiger partial charge in [-0.05, 0) is 37.1 Å². The van der Waals surface area contributed by atoms with Crippen molar-refractivity contribution in [2.45, 2.75) is 25.4 Å². The minimum absolute atomic E-state index is 0.0961. The van der Waals surface area contributed by atoms with Crippen molar-refractivity contribution in [3.8, 4) is 5.75 Å². The molecule has 1 unspecified atom stereocenters. The Hall–Kier alpha value is -1.85. The molecule has 1 aliphatic heterocycles. The van der Waals surface area contributed by atoms with Crippen LogP contribution in [0, 0.1) is 0 Å². The first-order valence-electron chi connectivity index (χ1n) is 6.87. The molecule has 1 fully saturated rings. The maximum atomic E-state index is 11.6. The van der Waals surface area contributed by atoms with E-state index >= 15 is 0 Å². The maximum Gasteiger partial charge on any atom is 0.336 e. The third kappa shape index (κ3) is 2.42. The lowest BCUT2D eigenvalue weighted by atomic mass is 10.1. The normalized spacial score (nSPS) is 19.8. The number of aromatic hydroxyl groups is 1. The van der Waals surface area contributed by atoms with Crippen molar-refractivity contribution in [3.05, 3.63) is 40.2 Å². The summed E-state index contributed by atoms with van der Waals surface area (Å²) in [5.41, 5.74) is 6.75. The van der Waals surface area contributed by atoms with Gasteiger partial charge in [-0.2, -0.15) is 0 Å². The second-order valence-corrected chi connectivity index (χ2v) is 5.27. The van der Waals surface area contributed by atoms with E-state index in [-0.39, 0.29) is 11.4 Å². The molecule has 0 radical (unpaired) electrons. The lowest BCUT2D eigenvalue weighted by Crippen LogP contribution is -2.35. The third-order valence-electron chi connectivity index (χ3n) is 3.96. The summed E-state index contributed by atoms with van der Waals surface area (Å²) in [6.45, 7) is 2.33. The fourth-order valence-electron chi connectivity index (χ4n) is 2.94. The molecule has 1 aromatic carbocycles. The van der Waals surface area contributed by atoms with Crippen LogP contribution in [0.2, 0.25) is 0 Å². The molecule has 1 saturated heterocycles. The van der Waals surface area contributed by atoms with Crippen LogP contribution in [0.3, 0.4) is 0 Å². The molecule has 5 nitrogen and oxygen atoms in total. The van der Waals surface area contributed by atoms with Crippen LogP contribution in [0.4, 0.5) is 0 Å². The molecule has 3 N–H and O–H groups in total. The Labute approximate surface area is 116 Å². The molecule has 2 aromatic rings. The van der Waals surface area contributed by atoms with Crippen LogP contribution >= 0.6 is 0 Å². The maximum absolute atomic E-state index is 11.6. The minimum Gasteiger partial charge on any atom is -0.508 e. The molecule has 5 heteroatoms. The summed E-state index contributed by atoms with van der Waals surface area (Å²) < 4.78 is 5.14. The van der Waals surface area contributed by atoms with Crippen molar-refractivity contribution in [3.63, 3.8) is 0 Å². The summed E-state index contributed by atoms with van der Waals surface area (Å²) in [7, 11) is 0. The van der Waals surface area contributed by atoms with Gasteiger partial charge < -0.3 is 15.3 Å². The van der Waals surface area contributed by atoms with Gasteiger partial charge in [0.15, 0.2) is 0 Å². The zero-order chi connectivity index (χ0) is 14.1. The number of phenolic OH excluding ortho intramolecular Hbond substituents is 1. The van der Waals surface area contributed by atoms with E-state index in [1.165, 1.54) is 12.1 Å². The first kappa shape index (κ1) is 13.1. The fourth-order valence-corrected chi connectivity index (χ4v) is 2.94. The highest BCUT2D eigenvalue weighted by molar-refractivity contribution is 5.81. The van der Waals surface area contributed by atoms with Crippen LogP contribution in [0.15, 0.2) is 33.5 Å². The zero-order valence-corrected chi connectivity index (χ0v) is 11.2. The zero-order valence-electron chi connectivity index (χ0n) is 11.2. The van der Waals surface area contributed by atoms with Crippen molar-refractivity contribution in [1.29, 1.82) is 0 Å². The summed E-state index contributed by atoms with van der Waals surface area (Å²) in [6, 6.07) is 6.79. The van der Waals surface area contributed by atoms with Gasteiger partial charge in [-0.1, -0.05) is 0 Å². The van der Waals surface area contributed by atoms with E-state index in [4.69, 9.17) is 10.2 Å². The van der Waals surface area contributed by atoms with Gasteiger partial charge in [0.1, 0.15) is 11.3 Å². The minimum atomic E-state index is -0.387. The second-order valence-electron chi connectivity index (χ2n) is 5.27. The first-order chi connectivity index (χ1) is 9.67. The topological polar surface area (TPSA) is 79.7 Å². The molecule has 0 bridgehead atoms. The van der Waals surface area contributed by atoms with E-state index in [1.807, 2.05) is 0 Å².